The van der Waals surface area contributed by atoms with Crippen molar-refractivity contribution in [2.75, 3.05) is 0 Å². The summed E-state index contributed by atoms with van der Waals surface area (Å²) in [5.41, 5.74) is 5.29. The van der Waals surface area contributed by atoms with Crippen LogP contribution in [0.15, 0.2) is 18.2 Å². The number of allylic oxidation sites excluding steroid dienone is 1. The highest BCUT2D eigenvalue weighted by molar-refractivity contribution is 5.76. The molecule has 104 valence electrons. The number of hydrogen-bond acceptors (Lipinski definition) is 1. The van der Waals surface area contributed by atoms with Gasteiger partial charge in [-0.25, -0.2) is 0 Å². The van der Waals surface area contributed by atoms with Crippen molar-refractivity contribution < 1.29 is 4.79 Å². The summed E-state index contributed by atoms with van der Waals surface area (Å²) in [6, 6.07) is 4.59. The molecule has 0 aromatic heterocycles. The minimum absolute atomic E-state index is 0.461. The number of carbonyl (C=O) groups is 1. The summed E-state index contributed by atoms with van der Waals surface area (Å²) in [6.07, 6.45) is 4.41. The molecule has 0 aliphatic heterocycles. The van der Waals surface area contributed by atoms with Gasteiger partial charge < -0.3 is 0 Å². The van der Waals surface area contributed by atoms with Crippen molar-refractivity contribution in [2.24, 2.45) is 0 Å². The van der Waals surface area contributed by atoms with Crippen LogP contribution >= 0.6 is 0 Å². The molecular weight excluding hydrogens is 232 g/mol. The number of rotatable bonds is 5. The Morgan fingerprint density at radius 2 is 1.32 bits per heavy atom. The molecule has 0 aliphatic carbocycles. The number of aldehydes is 1. The Bertz CT molecular complexity index is 436. The zero-order valence-corrected chi connectivity index (χ0v) is 13.0. The summed E-state index contributed by atoms with van der Waals surface area (Å²) in [5.74, 6) is 1.45. The molecule has 1 rings (SSSR count). The van der Waals surface area contributed by atoms with Crippen LogP contribution in [-0.4, -0.2) is 6.29 Å². The molecule has 0 fully saturated rings. The van der Waals surface area contributed by atoms with Crippen LogP contribution in [0.1, 0.15) is 81.5 Å². The van der Waals surface area contributed by atoms with E-state index in [1.165, 1.54) is 22.3 Å². The molecule has 0 unspecified atom stereocenters. The van der Waals surface area contributed by atoms with Gasteiger partial charge in [0.25, 0.3) is 0 Å². The first-order valence-corrected chi connectivity index (χ1v) is 7.18. The van der Waals surface area contributed by atoms with Crippen molar-refractivity contribution in [1.29, 1.82) is 0 Å². The fourth-order valence-corrected chi connectivity index (χ4v) is 2.34. The van der Waals surface area contributed by atoms with Gasteiger partial charge in [0.2, 0.25) is 0 Å². The van der Waals surface area contributed by atoms with Crippen LogP contribution < -0.4 is 0 Å². The van der Waals surface area contributed by atoms with Crippen LogP contribution in [0.25, 0.3) is 6.08 Å². The van der Waals surface area contributed by atoms with E-state index in [9.17, 15) is 4.79 Å². The lowest BCUT2D eigenvalue weighted by atomic mass is 9.84. The molecule has 0 radical (unpaired) electrons. The Balaban J connectivity index is 3.55. The fraction of sp³-hybridized carbons (Fsp3) is 0.500. The first kappa shape index (κ1) is 15.7. The molecule has 0 spiro atoms. The van der Waals surface area contributed by atoms with Crippen molar-refractivity contribution in [1.82, 2.24) is 0 Å². The van der Waals surface area contributed by atoms with E-state index < -0.39 is 0 Å². The summed E-state index contributed by atoms with van der Waals surface area (Å²) >= 11 is 0. The number of carbonyl (C=O) groups excluding carboxylic acids is 1. The average molecular weight is 258 g/mol. The zero-order chi connectivity index (χ0) is 14.6. The monoisotopic (exact) mass is 258 g/mol. The maximum Gasteiger partial charge on any atom is 0.142 e. The van der Waals surface area contributed by atoms with E-state index in [1.54, 1.807) is 6.08 Å². The van der Waals surface area contributed by atoms with Gasteiger partial charge in [-0.1, -0.05) is 59.8 Å². The van der Waals surface area contributed by atoms with Gasteiger partial charge in [0.05, 0.1) is 0 Å². The normalized spacial score (nSPS) is 12.1. The van der Waals surface area contributed by atoms with E-state index in [1.807, 2.05) is 6.08 Å². The summed E-state index contributed by atoms with van der Waals surface area (Å²) in [4.78, 5) is 10.6. The molecular formula is C18H26O. The van der Waals surface area contributed by atoms with Gasteiger partial charge in [-0.2, -0.15) is 0 Å². The Hall–Kier alpha value is -1.37. The van der Waals surface area contributed by atoms with Crippen LogP contribution in [0.2, 0.25) is 0 Å². The lowest BCUT2D eigenvalue weighted by Gasteiger charge is -2.21. The van der Waals surface area contributed by atoms with E-state index in [0.29, 0.717) is 17.8 Å². The molecule has 1 heteroatoms. The Morgan fingerprint density at radius 3 is 1.63 bits per heavy atom. The Morgan fingerprint density at radius 1 is 0.842 bits per heavy atom. The van der Waals surface area contributed by atoms with E-state index >= 15 is 0 Å². The largest absolute Gasteiger partial charge is 0.299 e. The fourth-order valence-electron chi connectivity index (χ4n) is 2.34. The first-order chi connectivity index (χ1) is 8.88. The second-order valence-corrected chi connectivity index (χ2v) is 6.07. The van der Waals surface area contributed by atoms with Crippen molar-refractivity contribution in [3.8, 4) is 0 Å². The molecule has 19 heavy (non-hydrogen) atoms. The summed E-state index contributed by atoms with van der Waals surface area (Å²) in [6.45, 7) is 13.3. The van der Waals surface area contributed by atoms with Gasteiger partial charge in [-0.3, -0.25) is 4.79 Å². The van der Waals surface area contributed by atoms with Crippen molar-refractivity contribution >= 4 is 12.4 Å². The van der Waals surface area contributed by atoms with Gasteiger partial charge in [-0.05, 0) is 46.1 Å². The van der Waals surface area contributed by atoms with Gasteiger partial charge in [0.1, 0.15) is 6.29 Å². The van der Waals surface area contributed by atoms with E-state index in [4.69, 9.17) is 0 Å². The standard InChI is InChI=1S/C18H26O/c1-12(2)15-10-17(13(3)4)16(8-7-9-19)18(11-15)14(5)6/h7-14H,1-6H3. The van der Waals surface area contributed by atoms with Gasteiger partial charge in [0, 0.05) is 0 Å². The highest BCUT2D eigenvalue weighted by Crippen LogP contribution is 2.32. The van der Waals surface area contributed by atoms with Crippen molar-refractivity contribution in [2.45, 2.75) is 59.3 Å². The average Bonchev–Trinajstić information content (AvgIpc) is 2.34. The van der Waals surface area contributed by atoms with Gasteiger partial charge in [0.15, 0.2) is 0 Å². The SMILES string of the molecule is CC(C)c1cc(C(C)C)c(C=CC=O)c(C(C)C)c1. The minimum atomic E-state index is 0.461. The summed E-state index contributed by atoms with van der Waals surface area (Å²) in [5, 5.41) is 0. The lowest BCUT2D eigenvalue weighted by Crippen LogP contribution is -2.03. The molecule has 0 heterocycles. The summed E-state index contributed by atoms with van der Waals surface area (Å²) in [7, 11) is 0. The van der Waals surface area contributed by atoms with Crippen LogP contribution in [0, 0.1) is 0 Å². The predicted molar refractivity (Wildman–Crippen MR) is 83.8 cm³/mol. The second-order valence-electron chi connectivity index (χ2n) is 6.07. The third-order valence-electron chi connectivity index (χ3n) is 3.52. The smallest absolute Gasteiger partial charge is 0.142 e. The van der Waals surface area contributed by atoms with Crippen LogP contribution in [0.5, 0.6) is 0 Å². The van der Waals surface area contributed by atoms with E-state index in [2.05, 4.69) is 53.7 Å². The van der Waals surface area contributed by atoms with Crippen molar-refractivity contribution in [3.63, 3.8) is 0 Å². The van der Waals surface area contributed by atoms with E-state index in [0.717, 1.165) is 6.29 Å². The van der Waals surface area contributed by atoms with Crippen LogP contribution in [0.3, 0.4) is 0 Å². The van der Waals surface area contributed by atoms with E-state index in [-0.39, 0.29) is 0 Å². The number of benzene rings is 1. The predicted octanol–water partition coefficient (Wildman–Crippen LogP) is 5.27. The van der Waals surface area contributed by atoms with Crippen LogP contribution in [-0.2, 0) is 4.79 Å². The molecule has 0 saturated heterocycles. The maximum atomic E-state index is 10.6. The highest BCUT2D eigenvalue weighted by atomic mass is 16.1. The van der Waals surface area contributed by atoms with Gasteiger partial charge >= 0.3 is 0 Å². The molecule has 1 aromatic rings. The molecule has 1 nitrogen and oxygen atoms in total. The third kappa shape index (κ3) is 3.79. The molecule has 0 saturated carbocycles. The minimum Gasteiger partial charge on any atom is -0.299 e. The molecule has 0 N–H and O–H groups in total. The highest BCUT2D eigenvalue weighted by Gasteiger charge is 2.15. The van der Waals surface area contributed by atoms with Crippen LogP contribution in [0.4, 0.5) is 0 Å². The molecule has 0 atom stereocenters. The Labute approximate surface area is 117 Å². The second kappa shape index (κ2) is 6.70. The molecule has 0 bridgehead atoms. The zero-order valence-electron chi connectivity index (χ0n) is 13.0. The topological polar surface area (TPSA) is 17.1 Å². The molecule has 1 aromatic carbocycles. The molecule has 0 aliphatic rings. The maximum absolute atomic E-state index is 10.6. The lowest BCUT2D eigenvalue weighted by molar-refractivity contribution is -0.104. The first-order valence-electron chi connectivity index (χ1n) is 7.18. The third-order valence-corrected chi connectivity index (χ3v) is 3.52. The van der Waals surface area contributed by atoms with Crippen molar-refractivity contribution in [3.05, 3.63) is 40.5 Å². The quantitative estimate of drug-likeness (QED) is 0.519. The Kier molecular flexibility index (Phi) is 5.53. The number of hydrogen-bond donors (Lipinski definition) is 0. The van der Waals surface area contributed by atoms with Gasteiger partial charge in [-0.15, -0.1) is 0 Å². The molecule has 0 amide bonds. The summed E-state index contributed by atoms with van der Waals surface area (Å²) < 4.78 is 0.